The lowest BCUT2D eigenvalue weighted by atomic mass is 10.1. The second-order valence-electron chi connectivity index (χ2n) is 7.12. The van der Waals surface area contributed by atoms with Crippen molar-refractivity contribution in [2.45, 2.75) is 20.5 Å². The molecule has 0 spiro atoms. The molecule has 6 nitrogen and oxygen atoms in total. The molecule has 3 rings (SSSR count). The van der Waals surface area contributed by atoms with Gasteiger partial charge in [-0.2, -0.15) is 5.26 Å². The molecule has 0 aromatic heterocycles. The molecular formula is C27H25BrN2O4. The van der Waals surface area contributed by atoms with E-state index in [0.29, 0.717) is 52.8 Å². The van der Waals surface area contributed by atoms with Crippen LogP contribution in [0.25, 0.3) is 6.08 Å². The van der Waals surface area contributed by atoms with E-state index in [9.17, 15) is 10.1 Å². The standard InChI is InChI=1S/C27H25BrN2O4/c1-3-32-23-12-8-11-22(16-23)30-27(31)21(17-29)13-20-14-24(28)26(25(15-20)33-4-2)34-18-19-9-6-5-7-10-19/h5-16H,3-4,18H2,1-2H3,(H,30,31)/b21-13+. The zero-order chi connectivity index (χ0) is 24.3. The summed E-state index contributed by atoms with van der Waals surface area (Å²) >= 11 is 3.54. The van der Waals surface area contributed by atoms with Crippen molar-refractivity contribution < 1.29 is 19.0 Å². The van der Waals surface area contributed by atoms with Crippen molar-refractivity contribution in [3.05, 3.63) is 87.9 Å². The maximum atomic E-state index is 12.7. The third kappa shape index (κ3) is 6.87. The van der Waals surface area contributed by atoms with Crippen LogP contribution in [0.4, 0.5) is 5.69 Å². The van der Waals surface area contributed by atoms with Crippen LogP contribution < -0.4 is 19.5 Å². The van der Waals surface area contributed by atoms with Crippen LogP contribution in [0.5, 0.6) is 17.2 Å². The van der Waals surface area contributed by atoms with Gasteiger partial charge in [0.05, 0.1) is 17.7 Å². The summed E-state index contributed by atoms with van der Waals surface area (Å²) in [4.78, 5) is 12.7. The summed E-state index contributed by atoms with van der Waals surface area (Å²) in [5.74, 6) is 1.19. The molecule has 0 heterocycles. The first-order valence-electron chi connectivity index (χ1n) is 10.8. The highest BCUT2D eigenvalue weighted by molar-refractivity contribution is 9.10. The molecule has 0 aliphatic carbocycles. The predicted molar refractivity (Wildman–Crippen MR) is 136 cm³/mol. The number of benzene rings is 3. The number of hydrogen-bond acceptors (Lipinski definition) is 5. The van der Waals surface area contributed by atoms with E-state index in [2.05, 4.69) is 21.2 Å². The van der Waals surface area contributed by atoms with Gasteiger partial charge in [0.2, 0.25) is 0 Å². The van der Waals surface area contributed by atoms with Crippen LogP contribution in [0, 0.1) is 11.3 Å². The Hall–Kier alpha value is -3.76. The first-order chi connectivity index (χ1) is 16.5. The smallest absolute Gasteiger partial charge is 0.266 e. The van der Waals surface area contributed by atoms with Crippen molar-refractivity contribution in [1.29, 1.82) is 5.26 Å². The summed E-state index contributed by atoms with van der Waals surface area (Å²) < 4.78 is 17.9. The first-order valence-corrected chi connectivity index (χ1v) is 11.6. The van der Waals surface area contributed by atoms with E-state index in [0.717, 1.165) is 5.56 Å². The van der Waals surface area contributed by atoms with E-state index < -0.39 is 5.91 Å². The second-order valence-corrected chi connectivity index (χ2v) is 7.98. The number of halogens is 1. The number of nitrogens with zero attached hydrogens (tertiary/aromatic N) is 1. The normalized spacial score (nSPS) is 10.8. The molecular weight excluding hydrogens is 496 g/mol. The highest BCUT2D eigenvalue weighted by atomic mass is 79.9. The van der Waals surface area contributed by atoms with Gasteiger partial charge in [0.15, 0.2) is 11.5 Å². The largest absolute Gasteiger partial charge is 0.494 e. The maximum absolute atomic E-state index is 12.7. The van der Waals surface area contributed by atoms with Crippen LogP contribution in [0.3, 0.4) is 0 Å². The third-order valence-electron chi connectivity index (χ3n) is 4.64. The van der Waals surface area contributed by atoms with Crippen molar-refractivity contribution in [3.63, 3.8) is 0 Å². The zero-order valence-electron chi connectivity index (χ0n) is 19.0. The van der Waals surface area contributed by atoms with Crippen molar-refractivity contribution in [2.24, 2.45) is 0 Å². The number of rotatable bonds is 10. The first kappa shape index (κ1) is 24.9. The molecule has 0 aliphatic heterocycles. The SMILES string of the molecule is CCOc1cccc(NC(=O)/C(C#N)=C/c2cc(Br)c(OCc3ccccc3)c(OCC)c2)c1. The number of carbonyl (C=O) groups is 1. The van der Waals surface area contributed by atoms with E-state index in [4.69, 9.17) is 14.2 Å². The van der Waals surface area contributed by atoms with Gasteiger partial charge >= 0.3 is 0 Å². The molecule has 0 fully saturated rings. The average Bonchev–Trinajstić information content (AvgIpc) is 2.83. The van der Waals surface area contributed by atoms with E-state index in [-0.39, 0.29) is 5.57 Å². The Morgan fingerprint density at radius 2 is 1.76 bits per heavy atom. The Kier molecular flexibility index (Phi) is 9.12. The molecule has 0 unspecified atom stereocenters. The van der Waals surface area contributed by atoms with Crippen LogP contribution in [0.15, 0.2) is 76.8 Å². The van der Waals surface area contributed by atoms with Gasteiger partial charge < -0.3 is 19.5 Å². The summed E-state index contributed by atoms with van der Waals surface area (Å²) in [5, 5.41) is 12.3. The Bertz CT molecular complexity index is 1200. The number of hydrogen-bond donors (Lipinski definition) is 1. The molecule has 174 valence electrons. The minimum absolute atomic E-state index is 0.0471. The van der Waals surface area contributed by atoms with Gasteiger partial charge in [-0.15, -0.1) is 0 Å². The molecule has 3 aromatic carbocycles. The summed E-state index contributed by atoms with van der Waals surface area (Å²) in [6, 6.07) is 22.3. The van der Waals surface area contributed by atoms with E-state index >= 15 is 0 Å². The van der Waals surface area contributed by atoms with Gasteiger partial charge in [-0.3, -0.25) is 4.79 Å². The van der Waals surface area contributed by atoms with Gasteiger partial charge in [-0.25, -0.2) is 0 Å². The molecule has 0 radical (unpaired) electrons. The van der Waals surface area contributed by atoms with Gasteiger partial charge in [0, 0.05) is 11.8 Å². The molecule has 1 N–H and O–H groups in total. The second kappa shape index (κ2) is 12.5. The van der Waals surface area contributed by atoms with Crippen molar-refractivity contribution in [2.75, 3.05) is 18.5 Å². The van der Waals surface area contributed by atoms with Crippen LogP contribution in [0.1, 0.15) is 25.0 Å². The lowest BCUT2D eigenvalue weighted by molar-refractivity contribution is -0.112. The van der Waals surface area contributed by atoms with E-state index in [1.807, 2.05) is 50.2 Å². The van der Waals surface area contributed by atoms with E-state index in [1.165, 1.54) is 6.08 Å². The van der Waals surface area contributed by atoms with Gasteiger partial charge in [-0.1, -0.05) is 36.4 Å². The Balaban J connectivity index is 1.82. The lowest BCUT2D eigenvalue weighted by Crippen LogP contribution is -2.13. The fourth-order valence-corrected chi connectivity index (χ4v) is 3.72. The molecule has 34 heavy (non-hydrogen) atoms. The van der Waals surface area contributed by atoms with Gasteiger partial charge in [-0.05, 0) is 71.2 Å². The van der Waals surface area contributed by atoms with Crippen molar-refractivity contribution in [1.82, 2.24) is 0 Å². The number of nitriles is 1. The summed E-state index contributed by atoms with van der Waals surface area (Å²) in [5.41, 5.74) is 2.14. The Morgan fingerprint density at radius 3 is 2.47 bits per heavy atom. The van der Waals surface area contributed by atoms with Crippen LogP contribution in [-0.4, -0.2) is 19.1 Å². The molecule has 0 atom stereocenters. The molecule has 0 saturated heterocycles. The topological polar surface area (TPSA) is 80.6 Å². The molecule has 0 saturated carbocycles. The average molecular weight is 521 g/mol. The highest BCUT2D eigenvalue weighted by Crippen LogP contribution is 2.38. The molecule has 0 aliphatic rings. The monoisotopic (exact) mass is 520 g/mol. The summed E-state index contributed by atoms with van der Waals surface area (Å²) in [6.07, 6.45) is 1.51. The predicted octanol–water partition coefficient (Wildman–Crippen LogP) is 6.37. The maximum Gasteiger partial charge on any atom is 0.266 e. The third-order valence-corrected chi connectivity index (χ3v) is 5.23. The minimum Gasteiger partial charge on any atom is -0.494 e. The Labute approximate surface area is 207 Å². The zero-order valence-corrected chi connectivity index (χ0v) is 20.6. The number of nitrogens with one attached hydrogen (secondary N) is 1. The minimum atomic E-state index is -0.519. The van der Waals surface area contributed by atoms with Crippen molar-refractivity contribution >= 4 is 33.6 Å². The summed E-state index contributed by atoms with van der Waals surface area (Å²) in [7, 11) is 0. The molecule has 3 aromatic rings. The van der Waals surface area contributed by atoms with Crippen molar-refractivity contribution in [3.8, 4) is 23.3 Å². The quantitative estimate of drug-likeness (QED) is 0.248. The van der Waals surface area contributed by atoms with Crippen LogP contribution in [-0.2, 0) is 11.4 Å². The number of ether oxygens (including phenoxy) is 3. The fraction of sp³-hybridized carbons (Fsp3) is 0.185. The van der Waals surface area contributed by atoms with E-state index in [1.54, 1.807) is 36.4 Å². The Morgan fingerprint density at radius 1 is 1.00 bits per heavy atom. The lowest BCUT2D eigenvalue weighted by Gasteiger charge is -2.15. The molecule has 0 bridgehead atoms. The van der Waals surface area contributed by atoms with Crippen LogP contribution >= 0.6 is 15.9 Å². The number of carbonyl (C=O) groups excluding carboxylic acids is 1. The number of amides is 1. The fourth-order valence-electron chi connectivity index (χ4n) is 3.15. The van der Waals surface area contributed by atoms with Crippen LogP contribution in [0.2, 0.25) is 0 Å². The summed E-state index contributed by atoms with van der Waals surface area (Å²) in [6.45, 7) is 5.09. The van der Waals surface area contributed by atoms with Gasteiger partial charge in [0.25, 0.3) is 5.91 Å². The molecule has 1 amide bonds. The highest BCUT2D eigenvalue weighted by Gasteiger charge is 2.15. The molecule has 7 heteroatoms. The number of anilines is 1. The van der Waals surface area contributed by atoms with Gasteiger partial charge in [0.1, 0.15) is 24.0 Å².